The third-order valence-electron chi connectivity index (χ3n) is 2.67. The highest BCUT2D eigenvalue weighted by molar-refractivity contribution is 5.66. The Morgan fingerprint density at radius 3 is 2.06 bits per heavy atom. The van der Waals surface area contributed by atoms with E-state index in [1.807, 2.05) is 26.0 Å². The van der Waals surface area contributed by atoms with Crippen molar-refractivity contribution in [2.75, 3.05) is 0 Å². The maximum absolute atomic E-state index is 11.0. The molecule has 1 rings (SSSR count). The van der Waals surface area contributed by atoms with Gasteiger partial charge in [0.1, 0.15) is 5.60 Å². The molecule has 0 saturated carbocycles. The molecule has 0 unspecified atom stereocenters. The lowest BCUT2D eigenvalue weighted by Crippen LogP contribution is -2.24. The monoisotopic (exact) mass is 220 g/mol. The summed E-state index contributed by atoms with van der Waals surface area (Å²) in [4.78, 5) is 11.0. The quantitative estimate of drug-likeness (QED) is 0.727. The number of carbonyl (C=O) groups excluding carboxylic acids is 1. The highest BCUT2D eigenvalue weighted by Gasteiger charge is 2.23. The van der Waals surface area contributed by atoms with Crippen molar-refractivity contribution in [2.24, 2.45) is 0 Å². The third kappa shape index (κ3) is 3.09. The van der Waals surface area contributed by atoms with Crippen molar-refractivity contribution in [1.29, 1.82) is 0 Å². The molecule has 0 atom stereocenters. The fraction of sp³-hybridized carbons (Fsp3) is 0.500. The van der Waals surface area contributed by atoms with Crippen LogP contribution in [-0.4, -0.2) is 5.97 Å². The van der Waals surface area contributed by atoms with E-state index in [0.717, 1.165) is 5.56 Å². The van der Waals surface area contributed by atoms with Crippen LogP contribution in [0.5, 0.6) is 0 Å². The van der Waals surface area contributed by atoms with Crippen molar-refractivity contribution in [1.82, 2.24) is 0 Å². The molecule has 0 aliphatic rings. The van der Waals surface area contributed by atoms with E-state index < -0.39 is 5.60 Å². The smallest absolute Gasteiger partial charge is 0.303 e. The van der Waals surface area contributed by atoms with Crippen LogP contribution in [0.15, 0.2) is 24.3 Å². The number of hydrogen-bond acceptors (Lipinski definition) is 2. The second kappa shape index (κ2) is 4.69. The lowest BCUT2D eigenvalue weighted by Gasteiger charge is -2.25. The van der Waals surface area contributed by atoms with Crippen molar-refractivity contribution in [3.63, 3.8) is 0 Å². The summed E-state index contributed by atoms with van der Waals surface area (Å²) in [6.07, 6.45) is 0. The Balaban J connectivity index is 2.92. The summed E-state index contributed by atoms with van der Waals surface area (Å²) in [5, 5.41) is 0. The molecule has 0 bridgehead atoms. The van der Waals surface area contributed by atoms with Gasteiger partial charge >= 0.3 is 5.97 Å². The Morgan fingerprint density at radius 2 is 1.69 bits per heavy atom. The number of rotatable bonds is 3. The molecule has 0 aliphatic carbocycles. The summed E-state index contributed by atoms with van der Waals surface area (Å²) < 4.78 is 5.29. The zero-order valence-corrected chi connectivity index (χ0v) is 10.7. The second-order valence-corrected chi connectivity index (χ2v) is 4.88. The maximum Gasteiger partial charge on any atom is 0.303 e. The van der Waals surface area contributed by atoms with Gasteiger partial charge in [-0.3, -0.25) is 4.79 Å². The first-order valence-electron chi connectivity index (χ1n) is 5.63. The molecule has 0 fully saturated rings. The van der Waals surface area contributed by atoms with Crippen LogP contribution in [0.4, 0.5) is 0 Å². The van der Waals surface area contributed by atoms with E-state index in [1.54, 1.807) is 0 Å². The predicted molar refractivity (Wildman–Crippen MR) is 65.3 cm³/mol. The minimum absolute atomic E-state index is 0.252. The molecule has 2 heteroatoms. The fourth-order valence-corrected chi connectivity index (χ4v) is 1.69. The van der Waals surface area contributed by atoms with Gasteiger partial charge in [-0.15, -0.1) is 0 Å². The van der Waals surface area contributed by atoms with Crippen molar-refractivity contribution >= 4 is 5.97 Å². The fourth-order valence-electron chi connectivity index (χ4n) is 1.69. The van der Waals surface area contributed by atoms with E-state index in [4.69, 9.17) is 4.74 Å². The van der Waals surface area contributed by atoms with Crippen LogP contribution in [0.25, 0.3) is 0 Å². The summed E-state index contributed by atoms with van der Waals surface area (Å²) in [6.45, 7) is 9.56. The van der Waals surface area contributed by atoms with Crippen LogP contribution in [-0.2, 0) is 15.1 Å². The van der Waals surface area contributed by atoms with E-state index in [1.165, 1.54) is 12.5 Å². The molecule has 0 spiro atoms. The van der Waals surface area contributed by atoms with E-state index in [2.05, 4.69) is 26.0 Å². The summed E-state index contributed by atoms with van der Waals surface area (Å²) in [5.41, 5.74) is 1.76. The van der Waals surface area contributed by atoms with Gasteiger partial charge in [-0.25, -0.2) is 0 Å². The zero-order valence-electron chi connectivity index (χ0n) is 10.7. The molecule has 16 heavy (non-hydrogen) atoms. The number of ether oxygens (including phenoxy) is 1. The largest absolute Gasteiger partial charge is 0.455 e. The first kappa shape index (κ1) is 12.8. The van der Waals surface area contributed by atoms with E-state index in [-0.39, 0.29) is 5.97 Å². The molecule has 1 aromatic carbocycles. The molecular formula is C14H20O2. The van der Waals surface area contributed by atoms with E-state index in [0.29, 0.717) is 5.92 Å². The Hall–Kier alpha value is -1.31. The number of carbonyl (C=O) groups is 1. The number of hydrogen-bond donors (Lipinski definition) is 0. The molecule has 0 N–H and O–H groups in total. The minimum atomic E-state index is -0.554. The molecule has 88 valence electrons. The van der Waals surface area contributed by atoms with Gasteiger partial charge in [0, 0.05) is 6.92 Å². The van der Waals surface area contributed by atoms with Crippen LogP contribution >= 0.6 is 0 Å². The number of benzene rings is 1. The van der Waals surface area contributed by atoms with Crippen molar-refractivity contribution < 1.29 is 9.53 Å². The Kier molecular flexibility index (Phi) is 3.74. The molecule has 0 aliphatic heterocycles. The van der Waals surface area contributed by atoms with Crippen LogP contribution in [0.2, 0.25) is 0 Å². The average molecular weight is 220 g/mol. The van der Waals surface area contributed by atoms with Gasteiger partial charge in [0.25, 0.3) is 0 Å². The molecule has 1 aromatic rings. The second-order valence-electron chi connectivity index (χ2n) is 4.88. The number of esters is 1. The van der Waals surface area contributed by atoms with Gasteiger partial charge < -0.3 is 4.74 Å². The van der Waals surface area contributed by atoms with Crippen molar-refractivity contribution in [3.05, 3.63) is 35.4 Å². The summed E-state index contributed by atoms with van der Waals surface area (Å²) in [7, 11) is 0. The molecular weight excluding hydrogens is 200 g/mol. The maximum atomic E-state index is 11.0. The molecule has 2 nitrogen and oxygen atoms in total. The highest BCUT2D eigenvalue weighted by Crippen LogP contribution is 2.26. The molecule has 0 heterocycles. The van der Waals surface area contributed by atoms with Crippen molar-refractivity contribution in [3.8, 4) is 0 Å². The Morgan fingerprint density at radius 1 is 1.19 bits per heavy atom. The average Bonchev–Trinajstić information content (AvgIpc) is 2.16. The Bertz CT molecular complexity index is 361. The van der Waals surface area contributed by atoms with Gasteiger partial charge in [0.05, 0.1) is 0 Å². The predicted octanol–water partition coefficient (Wildman–Crippen LogP) is 3.61. The molecule has 0 radical (unpaired) electrons. The lowest BCUT2D eigenvalue weighted by molar-refractivity contribution is -0.154. The van der Waals surface area contributed by atoms with Gasteiger partial charge in [-0.05, 0) is 30.9 Å². The molecule has 0 amide bonds. The first-order chi connectivity index (χ1) is 7.33. The SMILES string of the molecule is CC(=O)OC(C)(C)c1ccc(C(C)C)cc1. The van der Waals surface area contributed by atoms with Gasteiger partial charge in [-0.2, -0.15) is 0 Å². The topological polar surface area (TPSA) is 26.3 Å². The van der Waals surface area contributed by atoms with Crippen LogP contribution in [0.3, 0.4) is 0 Å². The van der Waals surface area contributed by atoms with E-state index >= 15 is 0 Å². The molecule has 0 saturated heterocycles. The van der Waals surface area contributed by atoms with Gasteiger partial charge in [0.2, 0.25) is 0 Å². The Labute approximate surface area is 97.6 Å². The van der Waals surface area contributed by atoms with E-state index in [9.17, 15) is 4.79 Å². The van der Waals surface area contributed by atoms with Crippen LogP contribution in [0.1, 0.15) is 51.7 Å². The zero-order chi connectivity index (χ0) is 12.3. The highest BCUT2D eigenvalue weighted by atomic mass is 16.6. The standard InChI is InChI=1S/C14H20O2/c1-10(2)12-6-8-13(9-7-12)14(4,5)16-11(3)15/h6-10H,1-5H3. The summed E-state index contributed by atoms with van der Waals surface area (Å²) >= 11 is 0. The third-order valence-corrected chi connectivity index (χ3v) is 2.67. The molecule has 0 aromatic heterocycles. The van der Waals surface area contributed by atoms with Crippen LogP contribution < -0.4 is 0 Å². The first-order valence-corrected chi connectivity index (χ1v) is 5.63. The summed E-state index contributed by atoms with van der Waals surface area (Å²) in [6, 6.07) is 8.23. The van der Waals surface area contributed by atoms with Gasteiger partial charge in [0.15, 0.2) is 0 Å². The van der Waals surface area contributed by atoms with Gasteiger partial charge in [-0.1, -0.05) is 38.1 Å². The normalized spacial score (nSPS) is 11.6. The summed E-state index contributed by atoms with van der Waals surface area (Å²) in [5.74, 6) is 0.267. The minimum Gasteiger partial charge on any atom is -0.455 e. The van der Waals surface area contributed by atoms with Crippen molar-refractivity contribution in [2.45, 2.75) is 46.1 Å². The lowest BCUT2D eigenvalue weighted by atomic mass is 9.94. The van der Waals surface area contributed by atoms with Crippen LogP contribution in [0, 0.1) is 0 Å².